The van der Waals surface area contributed by atoms with Crippen LogP contribution in [0.5, 0.6) is 0 Å². The van der Waals surface area contributed by atoms with Crippen LogP contribution in [0.15, 0.2) is 18.5 Å². The van der Waals surface area contributed by atoms with Crippen LogP contribution in [-0.4, -0.2) is 19.5 Å². The third-order valence-corrected chi connectivity index (χ3v) is 2.31. The molecule has 0 N–H and O–H groups in total. The first-order valence-electron chi connectivity index (χ1n) is 5.05. The predicted octanol–water partition coefficient (Wildman–Crippen LogP) is 1.84. The van der Waals surface area contributed by atoms with Gasteiger partial charge >= 0.3 is 0 Å². The molecule has 0 aliphatic heterocycles. The summed E-state index contributed by atoms with van der Waals surface area (Å²) in [6.07, 6.45) is 4.61. The maximum absolute atomic E-state index is 4.40. The minimum atomic E-state index is 0.803. The molecule has 0 radical (unpaired) electrons. The van der Waals surface area contributed by atoms with Gasteiger partial charge in [0.05, 0.1) is 0 Å². The third kappa shape index (κ3) is 1.88. The van der Waals surface area contributed by atoms with Gasteiger partial charge in [0.25, 0.3) is 0 Å². The van der Waals surface area contributed by atoms with E-state index in [-0.39, 0.29) is 0 Å². The largest absolute Gasteiger partial charge is 0.288 e. The van der Waals surface area contributed by atoms with Crippen molar-refractivity contribution >= 4 is 0 Å². The fourth-order valence-corrected chi connectivity index (χ4v) is 1.54. The fourth-order valence-electron chi connectivity index (χ4n) is 1.54. The number of hydrogen-bond donors (Lipinski definition) is 0. The molecule has 2 aromatic heterocycles. The quantitative estimate of drug-likeness (QED) is 0.746. The molecular formula is C11H14N4. The molecule has 0 bridgehead atoms. The van der Waals surface area contributed by atoms with Crippen LogP contribution in [0.2, 0.25) is 0 Å². The molecule has 2 heterocycles. The predicted molar refractivity (Wildman–Crippen MR) is 58.0 cm³/mol. The van der Waals surface area contributed by atoms with Crippen molar-refractivity contribution in [2.24, 2.45) is 0 Å². The van der Waals surface area contributed by atoms with Crippen molar-refractivity contribution in [1.29, 1.82) is 0 Å². The van der Waals surface area contributed by atoms with Crippen LogP contribution >= 0.6 is 0 Å². The zero-order valence-electron chi connectivity index (χ0n) is 9.23. The van der Waals surface area contributed by atoms with Crippen molar-refractivity contribution in [1.82, 2.24) is 19.5 Å². The van der Waals surface area contributed by atoms with Gasteiger partial charge in [0.15, 0.2) is 0 Å². The Morgan fingerprint density at radius 1 is 1.27 bits per heavy atom. The lowest BCUT2D eigenvalue weighted by molar-refractivity contribution is 0.870. The first-order valence-corrected chi connectivity index (χ1v) is 5.05. The van der Waals surface area contributed by atoms with Crippen LogP contribution in [0.4, 0.5) is 0 Å². The Morgan fingerprint density at radius 2 is 2.07 bits per heavy atom. The second-order valence-corrected chi connectivity index (χ2v) is 3.46. The Labute approximate surface area is 89.0 Å². The van der Waals surface area contributed by atoms with E-state index in [1.54, 1.807) is 6.20 Å². The van der Waals surface area contributed by atoms with E-state index in [0.29, 0.717) is 0 Å². The highest BCUT2D eigenvalue weighted by Crippen LogP contribution is 2.09. The van der Waals surface area contributed by atoms with Gasteiger partial charge in [-0.25, -0.2) is 15.0 Å². The Kier molecular flexibility index (Phi) is 2.49. The molecule has 0 unspecified atom stereocenters. The lowest BCUT2D eigenvalue weighted by atomic mass is 10.3. The van der Waals surface area contributed by atoms with Crippen LogP contribution in [0.1, 0.15) is 24.3 Å². The Bertz CT molecular complexity index is 473. The van der Waals surface area contributed by atoms with Crippen molar-refractivity contribution in [2.75, 3.05) is 0 Å². The third-order valence-electron chi connectivity index (χ3n) is 2.31. The molecule has 0 atom stereocenters. The molecule has 4 heteroatoms. The van der Waals surface area contributed by atoms with E-state index in [1.807, 2.05) is 30.7 Å². The van der Waals surface area contributed by atoms with Crippen LogP contribution in [0.25, 0.3) is 5.82 Å². The summed E-state index contributed by atoms with van der Waals surface area (Å²) in [6.45, 7) is 5.96. The number of aromatic nitrogens is 4. The first kappa shape index (κ1) is 9.83. The molecule has 0 spiro atoms. The SMILES string of the molecule is CCc1cc(-n2ccnc2C)nc(C)n1. The topological polar surface area (TPSA) is 43.6 Å². The average Bonchev–Trinajstić information content (AvgIpc) is 2.63. The Balaban J connectivity index is 2.53. The fraction of sp³-hybridized carbons (Fsp3) is 0.364. The molecule has 78 valence electrons. The van der Waals surface area contributed by atoms with Crippen LogP contribution in [0.3, 0.4) is 0 Å². The van der Waals surface area contributed by atoms with Gasteiger partial charge in [0.1, 0.15) is 17.5 Å². The second-order valence-electron chi connectivity index (χ2n) is 3.46. The normalized spacial score (nSPS) is 10.6. The van der Waals surface area contributed by atoms with Crippen molar-refractivity contribution in [3.8, 4) is 5.82 Å². The van der Waals surface area contributed by atoms with E-state index in [0.717, 1.165) is 29.6 Å². The van der Waals surface area contributed by atoms with Crippen molar-refractivity contribution in [2.45, 2.75) is 27.2 Å². The van der Waals surface area contributed by atoms with Crippen molar-refractivity contribution in [3.63, 3.8) is 0 Å². The molecule has 0 aromatic carbocycles. The van der Waals surface area contributed by atoms with Gasteiger partial charge in [0.2, 0.25) is 0 Å². The minimum Gasteiger partial charge on any atom is -0.288 e. The molecular weight excluding hydrogens is 188 g/mol. The van der Waals surface area contributed by atoms with E-state index >= 15 is 0 Å². The molecule has 0 fully saturated rings. The van der Waals surface area contributed by atoms with Gasteiger partial charge in [-0.1, -0.05) is 6.92 Å². The highest BCUT2D eigenvalue weighted by atomic mass is 15.1. The number of imidazole rings is 1. The van der Waals surface area contributed by atoms with E-state index in [1.165, 1.54) is 0 Å². The zero-order valence-corrected chi connectivity index (χ0v) is 9.23. The lowest BCUT2D eigenvalue weighted by Gasteiger charge is -2.06. The van der Waals surface area contributed by atoms with Crippen molar-refractivity contribution < 1.29 is 0 Å². The monoisotopic (exact) mass is 202 g/mol. The molecule has 2 rings (SSSR count). The maximum atomic E-state index is 4.40. The molecule has 0 saturated heterocycles. The van der Waals surface area contributed by atoms with Gasteiger partial charge in [-0.15, -0.1) is 0 Å². The molecule has 0 aliphatic carbocycles. The van der Waals surface area contributed by atoms with Crippen LogP contribution in [0, 0.1) is 13.8 Å². The number of aryl methyl sites for hydroxylation is 3. The van der Waals surface area contributed by atoms with E-state index in [9.17, 15) is 0 Å². The number of nitrogens with zero attached hydrogens (tertiary/aromatic N) is 4. The zero-order chi connectivity index (χ0) is 10.8. The van der Waals surface area contributed by atoms with Gasteiger partial charge in [-0.05, 0) is 20.3 Å². The molecule has 2 aromatic rings. The number of hydrogen-bond acceptors (Lipinski definition) is 3. The van der Waals surface area contributed by atoms with E-state index < -0.39 is 0 Å². The summed E-state index contributed by atoms with van der Waals surface area (Å²) in [5, 5.41) is 0. The summed E-state index contributed by atoms with van der Waals surface area (Å²) in [7, 11) is 0. The van der Waals surface area contributed by atoms with Gasteiger partial charge in [-0.3, -0.25) is 4.57 Å². The second kappa shape index (κ2) is 3.81. The van der Waals surface area contributed by atoms with Gasteiger partial charge < -0.3 is 0 Å². The molecule has 0 saturated carbocycles. The average molecular weight is 202 g/mol. The van der Waals surface area contributed by atoms with Crippen LogP contribution in [-0.2, 0) is 6.42 Å². The summed E-state index contributed by atoms with van der Waals surface area (Å²) >= 11 is 0. The number of rotatable bonds is 2. The standard InChI is InChI=1S/C11H14N4/c1-4-10-7-11(14-8(2)13-10)15-6-5-12-9(15)3/h5-7H,4H2,1-3H3. The molecule has 15 heavy (non-hydrogen) atoms. The lowest BCUT2D eigenvalue weighted by Crippen LogP contribution is -2.03. The summed E-state index contributed by atoms with van der Waals surface area (Å²) in [5.74, 6) is 2.64. The summed E-state index contributed by atoms with van der Waals surface area (Å²) in [4.78, 5) is 12.9. The molecule has 0 aliphatic rings. The molecule has 4 nitrogen and oxygen atoms in total. The summed E-state index contributed by atoms with van der Waals surface area (Å²) in [5.41, 5.74) is 1.06. The smallest absolute Gasteiger partial charge is 0.142 e. The van der Waals surface area contributed by atoms with Crippen molar-refractivity contribution in [3.05, 3.63) is 35.8 Å². The maximum Gasteiger partial charge on any atom is 0.142 e. The summed E-state index contributed by atoms with van der Waals surface area (Å²) in [6, 6.07) is 2.00. The Hall–Kier alpha value is -1.71. The Morgan fingerprint density at radius 3 is 2.67 bits per heavy atom. The van der Waals surface area contributed by atoms with E-state index in [2.05, 4.69) is 21.9 Å². The van der Waals surface area contributed by atoms with Gasteiger partial charge in [0, 0.05) is 24.2 Å². The van der Waals surface area contributed by atoms with E-state index in [4.69, 9.17) is 0 Å². The highest BCUT2D eigenvalue weighted by molar-refractivity contribution is 5.27. The van der Waals surface area contributed by atoms with Crippen LogP contribution < -0.4 is 0 Å². The summed E-state index contributed by atoms with van der Waals surface area (Å²) < 4.78 is 1.97. The first-order chi connectivity index (χ1) is 7.20. The molecule has 0 amide bonds. The van der Waals surface area contributed by atoms with Gasteiger partial charge in [-0.2, -0.15) is 0 Å². The minimum absolute atomic E-state index is 0.803. The highest BCUT2D eigenvalue weighted by Gasteiger charge is 2.04.